The molecule has 1 heterocycles. The Morgan fingerprint density at radius 1 is 1.30 bits per heavy atom. The predicted octanol–water partition coefficient (Wildman–Crippen LogP) is 3.00. The molecule has 0 saturated carbocycles. The van der Waals surface area contributed by atoms with Gasteiger partial charge in [0, 0.05) is 17.8 Å². The lowest BCUT2D eigenvalue weighted by Crippen LogP contribution is -2.23. The van der Waals surface area contributed by atoms with Gasteiger partial charge in [0.2, 0.25) is 0 Å². The third-order valence-corrected chi connectivity index (χ3v) is 3.92. The molecule has 20 heavy (non-hydrogen) atoms. The van der Waals surface area contributed by atoms with Crippen molar-refractivity contribution in [3.05, 3.63) is 52.3 Å². The van der Waals surface area contributed by atoms with Gasteiger partial charge in [0.15, 0.2) is 0 Å². The molecule has 0 aliphatic rings. The van der Waals surface area contributed by atoms with E-state index in [0.717, 1.165) is 30.1 Å². The fourth-order valence-electron chi connectivity index (χ4n) is 2.63. The molecule has 2 aromatic rings. The maximum atomic E-state index is 6.27. The SMILES string of the molecule is CNCC(Cc1ccccc1Cl)Cc1cc(C)nn1C. The van der Waals surface area contributed by atoms with Crippen molar-refractivity contribution in [2.24, 2.45) is 13.0 Å². The minimum absolute atomic E-state index is 0.509. The van der Waals surface area contributed by atoms with Gasteiger partial charge in [-0.15, -0.1) is 0 Å². The summed E-state index contributed by atoms with van der Waals surface area (Å²) in [5, 5.41) is 8.56. The first-order valence-corrected chi connectivity index (χ1v) is 7.35. The van der Waals surface area contributed by atoms with Crippen molar-refractivity contribution in [2.45, 2.75) is 19.8 Å². The summed E-state index contributed by atoms with van der Waals surface area (Å²) < 4.78 is 1.98. The molecular weight excluding hydrogens is 270 g/mol. The summed E-state index contributed by atoms with van der Waals surface area (Å²) in [7, 11) is 4.00. The monoisotopic (exact) mass is 291 g/mol. The van der Waals surface area contributed by atoms with Crippen molar-refractivity contribution in [2.75, 3.05) is 13.6 Å². The van der Waals surface area contributed by atoms with Crippen molar-refractivity contribution in [1.82, 2.24) is 15.1 Å². The Bertz CT molecular complexity index is 563. The van der Waals surface area contributed by atoms with E-state index in [0.29, 0.717) is 5.92 Å². The zero-order chi connectivity index (χ0) is 14.5. The summed E-state index contributed by atoms with van der Waals surface area (Å²) in [6.07, 6.45) is 1.98. The van der Waals surface area contributed by atoms with Crippen LogP contribution >= 0.6 is 11.6 Å². The van der Waals surface area contributed by atoms with Gasteiger partial charge in [0.05, 0.1) is 5.69 Å². The van der Waals surface area contributed by atoms with Crippen LogP contribution in [0.2, 0.25) is 5.02 Å². The molecule has 0 radical (unpaired) electrons. The Morgan fingerprint density at radius 2 is 2.05 bits per heavy atom. The molecule has 108 valence electrons. The van der Waals surface area contributed by atoms with Crippen LogP contribution in [0.25, 0.3) is 0 Å². The molecule has 0 amide bonds. The molecule has 0 aliphatic heterocycles. The standard InChI is InChI=1S/C16H22ClN3/c1-12-8-15(20(3)19-12)10-13(11-18-2)9-14-6-4-5-7-16(14)17/h4-8,13,18H,9-11H2,1-3H3. The van der Waals surface area contributed by atoms with Crippen molar-refractivity contribution in [3.8, 4) is 0 Å². The van der Waals surface area contributed by atoms with Crippen molar-refractivity contribution < 1.29 is 0 Å². The Kier molecular flexibility index (Phi) is 5.21. The number of nitrogens with zero attached hydrogens (tertiary/aromatic N) is 2. The van der Waals surface area contributed by atoms with Gasteiger partial charge in [0.25, 0.3) is 0 Å². The summed E-state index contributed by atoms with van der Waals surface area (Å²) in [6, 6.07) is 10.3. The topological polar surface area (TPSA) is 29.9 Å². The van der Waals surface area contributed by atoms with E-state index in [1.165, 1.54) is 11.3 Å². The van der Waals surface area contributed by atoms with Crippen molar-refractivity contribution >= 4 is 11.6 Å². The fourth-order valence-corrected chi connectivity index (χ4v) is 2.84. The van der Waals surface area contributed by atoms with Gasteiger partial charge in [0.1, 0.15) is 0 Å². The van der Waals surface area contributed by atoms with Crippen molar-refractivity contribution in [1.29, 1.82) is 0 Å². The molecule has 3 nitrogen and oxygen atoms in total. The van der Waals surface area contributed by atoms with Gasteiger partial charge in [-0.25, -0.2) is 0 Å². The number of benzene rings is 1. The van der Waals surface area contributed by atoms with E-state index < -0.39 is 0 Å². The number of aromatic nitrogens is 2. The maximum absolute atomic E-state index is 6.27. The number of nitrogens with one attached hydrogen (secondary N) is 1. The second-order valence-electron chi connectivity index (χ2n) is 5.32. The van der Waals surface area contributed by atoms with E-state index in [9.17, 15) is 0 Å². The molecular formula is C16H22ClN3. The highest BCUT2D eigenvalue weighted by Crippen LogP contribution is 2.21. The first-order valence-electron chi connectivity index (χ1n) is 6.97. The van der Waals surface area contributed by atoms with E-state index in [2.05, 4.69) is 22.5 Å². The first-order chi connectivity index (χ1) is 9.60. The highest BCUT2D eigenvalue weighted by molar-refractivity contribution is 6.31. The van der Waals surface area contributed by atoms with E-state index in [4.69, 9.17) is 11.6 Å². The minimum atomic E-state index is 0.509. The van der Waals surface area contributed by atoms with E-state index >= 15 is 0 Å². The number of hydrogen-bond donors (Lipinski definition) is 1. The summed E-state index contributed by atoms with van der Waals surface area (Å²) in [6.45, 7) is 3.00. The molecule has 1 aromatic heterocycles. The third-order valence-electron chi connectivity index (χ3n) is 3.56. The van der Waals surface area contributed by atoms with Crippen LogP contribution in [0, 0.1) is 12.8 Å². The normalized spacial score (nSPS) is 12.6. The number of halogens is 1. The van der Waals surface area contributed by atoms with Crippen LogP contribution in [0.4, 0.5) is 0 Å². The smallest absolute Gasteiger partial charge is 0.0596 e. The van der Waals surface area contributed by atoms with E-state index in [-0.39, 0.29) is 0 Å². The highest BCUT2D eigenvalue weighted by atomic mass is 35.5. The van der Waals surface area contributed by atoms with Gasteiger partial charge < -0.3 is 5.32 Å². The Balaban J connectivity index is 2.11. The van der Waals surface area contributed by atoms with Crippen molar-refractivity contribution in [3.63, 3.8) is 0 Å². The zero-order valence-corrected chi connectivity index (χ0v) is 13.1. The lowest BCUT2D eigenvalue weighted by Gasteiger charge is -2.17. The summed E-state index contributed by atoms with van der Waals surface area (Å²) >= 11 is 6.27. The summed E-state index contributed by atoms with van der Waals surface area (Å²) in [4.78, 5) is 0. The van der Waals surface area contributed by atoms with Crippen LogP contribution in [0.1, 0.15) is 17.0 Å². The third kappa shape index (κ3) is 3.84. The molecule has 4 heteroatoms. The Hall–Kier alpha value is -1.32. The second kappa shape index (κ2) is 6.91. The van der Waals surface area contributed by atoms with Gasteiger partial charge >= 0.3 is 0 Å². The molecule has 0 fully saturated rings. The Labute approximate surface area is 126 Å². The van der Waals surface area contributed by atoms with Crippen LogP contribution in [0.3, 0.4) is 0 Å². The molecule has 2 rings (SSSR count). The molecule has 1 unspecified atom stereocenters. The van der Waals surface area contributed by atoms with Crippen LogP contribution < -0.4 is 5.32 Å². The zero-order valence-electron chi connectivity index (χ0n) is 12.4. The highest BCUT2D eigenvalue weighted by Gasteiger charge is 2.14. The average Bonchev–Trinajstić information content (AvgIpc) is 2.71. The van der Waals surface area contributed by atoms with E-state index in [1.807, 2.05) is 43.9 Å². The van der Waals surface area contributed by atoms with Gasteiger partial charge in [-0.3, -0.25) is 4.68 Å². The minimum Gasteiger partial charge on any atom is -0.319 e. The lowest BCUT2D eigenvalue weighted by atomic mass is 9.94. The number of rotatable bonds is 6. The largest absolute Gasteiger partial charge is 0.319 e. The van der Waals surface area contributed by atoms with Crippen LogP contribution in [-0.2, 0) is 19.9 Å². The second-order valence-corrected chi connectivity index (χ2v) is 5.73. The molecule has 0 aliphatic carbocycles. The predicted molar refractivity (Wildman–Crippen MR) is 84.2 cm³/mol. The molecule has 1 atom stereocenters. The Morgan fingerprint density at radius 3 is 2.65 bits per heavy atom. The van der Waals surface area contributed by atoms with Gasteiger partial charge in [-0.05, 0) is 57.0 Å². The fraction of sp³-hybridized carbons (Fsp3) is 0.438. The molecule has 0 saturated heterocycles. The molecule has 1 N–H and O–H groups in total. The van der Waals surface area contributed by atoms with E-state index in [1.54, 1.807) is 0 Å². The quantitative estimate of drug-likeness (QED) is 0.887. The average molecular weight is 292 g/mol. The summed E-state index contributed by atoms with van der Waals surface area (Å²) in [5.41, 5.74) is 3.56. The molecule has 1 aromatic carbocycles. The molecule has 0 bridgehead atoms. The number of hydrogen-bond acceptors (Lipinski definition) is 2. The van der Waals surface area contributed by atoms with Crippen LogP contribution in [0.15, 0.2) is 30.3 Å². The van der Waals surface area contributed by atoms with Crippen LogP contribution in [0.5, 0.6) is 0 Å². The number of aryl methyl sites for hydroxylation is 2. The lowest BCUT2D eigenvalue weighted by molar-refractivity contribution is 0.477. The van der Waals surface area contributed by atoms with Gasteiger partial charge in [-0.1, -0.05) is 29.8 Å². The van der Waals surface area contributed by atoms with Crippen LogP contribution in [-0.4, -0.2) is 23.4 Å². The molecule has 0 spiro atoms. The maximum Gasteiger partial charge on any atom is 0.0596 e. The first kappa shape index (κ1) is 15.1. The summed E-state index contributed by atoms with van der Waals surface area (Å²) in [5.74, 6) is 0.509. The van der Waals surface area contributed by atoms with Gasteiger partial charge in [-0.2, -0.15) is 5.10 Å².